The Hall–Kier alpha value is -1.51. The highest BCUT2D eigenvalue weighted by molar-refractivity contribution is 6.00. The number of benzene rings is 1. The standard InChI is InChI=1S/C13H16N2O/c1-14-9-10-5-4-8-15(10)12-7-3-2-6-11(12)13(14)16/h2-3,6-7,10H,4-5,8-9H2,1H3. The van der Waals surface area contributed by atoms with E-state index in [1.54, 1.807) is 0 Å². The third-order valence-electron chi connectivity index (χ3n) is 3.65. The van der Waals surface area contributed by atoms with Crippen LogP contribution in [-0.2, 0) is 0 Å². The van der Waals surface area contributed by atoms with Crippen molar-refractivity contribution in [2.24, 2.45) is 0 Å². The van der Waals surface area contributed by atoms with Gasteiger partial charge in [-0.25, -0.2) is 0 Å². The van der Waals surface area contributed by atoms with Crippen LogP contribution in [0.15, 0.2) is 24.3 Å². The molecule has 0 aliphatic carbocycles. The lowest BCUT2D eigenvalue weighted by Gasteiger charge is -2.26. The molecule has 2 heterocycles. The molecule has 2 aliphatic heterocycles. The Morgan fingerprint density at radius 2 is 2.12 bits per heavy atom. The first-order valence-electron chi connectivity index (χ1n) is 5.88. The molecule has 3 rings (SSSR count). The summed E-state index contributed by atoms with van der Waals surface area (Å²) in [4.78, 5) is 16.4. The van der Waals surface area contributed by atoms with Crippen molar-refractivity contribution in [1.29, 1.82) is 0 Å². The average Bonchev–Trinajstić information content (AvgIpc) is 2.72. The lowest BCUT2D eigenvalue weighted by Crippen LogP contribution is -2.37. The Bertz CT molecular complexity index is 430. The minimum atomic E-state index is 0.157. The number of nitrogens with zero attached hydrogens (tertiary/aromatic N) is 2. The van der Waals surface area contributed by atoms with Crippen LogP contribution in [0.4, 0.5) is 5.69 Å². The molecule has 1 atom stereocenters. The summed E-state index contributed by atoms with van der Waals surface area (Å²) in [5.41, 5.74) is 1.98. The largest absolute Gasteiger partial charge is 0.366 e. The molecule has 1 fully saturated rings. The number of para-hydroxylation sites is 1. The number of likely N-dealkylation sites (N-methyl/N-ethyl adjacent to an activating group) is 1. The number of fused-ring (bicyclic) bond motifs is 3. The van der Waals surface area contributed by atoms with E-state index >= 15 is 0 Å². The van der Waals surface area contributed by atoms with E-state index in [1.807, 2.05) is 30.1 Å². The van der Waals surface area contributed by atoms with Gasteiger partial charge in [0.15, 0.2) is 0 Å². The number of hydrogen-bond acceptors (Lipinski definition) is 2. The van der Waals surface area contributed by atoms with Gasteiger partial charge in [-0.05, 0) is 25.0 Å². The third kappa shape index (κ3) is 1.31. The van der Waals surface area contributed by atoms with Crippen LogP contribution in [0, 0.1) is 0 Å². The molecule has 84 valence electrons. The Morgan fingerprint density at radius 3 is 3.00 bits per heavy atom. The van der Waals surface area contributed by atoms with E-state index in [4.69, 9.17) is 0 Å². The maximum absolute atomic E-state index is 12.2. The summed E-state index contributed by atoms with van der Waals surface area (Å²) in [7, 11) is 1.90. The molecular weight excluding hydrogens is 200 g/mol. The number of carbonyl (C=O) groups is 1. The average molecular weight is 216 g/mol. The minimum absolute atomic E-state index is 0.157. The number of hydrogen-bond donors (Lipinski definition) is 0. The van der Waals surface area contributed by atoms with E-state index in [0.717, 1.165) is 24.3 Å². The molecule has 0 aromatic heterocycles. The quantitative estimate of drug-likeness (QED) is 0.659. The molecule has 16 heavy (non-hydrogen) atoms. The van der Waals surface area contributed by atoms with E-state index in [2.05, 4.69) is 11.0 Å². The second kappa shape index (κ2) is 3.51. The fraction of sp³-hybridized carbons (Fsp3) is 0.462. The van der Waals surface area contributed by atoms with Gasteiger partial charge in [0, 0.05) is 31.9 Å². The van der Waals surface area contributed by atoms with Crippen molar-refractivity contribution in [3.8, 4) is 0 Å². The predicted molar refractivity (Wildman–Crippen MR) is 63.8 cm³/mol. The zero-order chi connectivity index (χ0) is 11.1. The maximum Gasteiger partial charge on any atom is 0.255 e. The summed E-state index contributed by atoms with van der Waals surface area (Å²) >= 11 is 0. The van der Waals surface area contributed by atoms with Crippen molar-refractivity contribution in [1.82, 2.24) is 4.90 Å². The van der Waals surface area contributed by atoms with Gasteiger partial charge in [-0.3, -0.25) is 4.79 Å². The van der Waals surface area contributed by atoms with E-state index < -0.39 is 0 Å². The maximum atomic E-state index is 12.2. The Morgan fingerprint density at radius 1 is 1.31 bits per heavy atom. The van der Waals surface area contributed by atoms with Crippen molar-refractivity contribution < 1.29 is 4.79 Å². The van der Waals surface area contributed by atoms with Crippen molar-refractivity contribution in [3.63, 3.8) is 0 Å². The van der Waals surface area contributed by atoms with Crippen molar-refractivity contribution in [2.75, 3.05) is 25.0 Å². The van der Waals surface area contributed by atoms with Gasteiger partial charge in [0.1, 0.15) is 0 Å². The van der Waals surface area contributed by atoms with Gasteiger partial charge in [-0.15, -0.1) is 0 Å². The summed E-state index contributed by atoms with van der Waals surface area (Å²) < 4.78 is 0. The molecule has 1 amide bonds. The fourth-order valence-electron chi connectivity index (χ4n) is 2.85. The topological polar surface area (TPSA) is 23.6 Å². The molecule has 1 unspecified atom stereocenters. The van der Waals surface area contributed by atoms with Crippen LogP contribution in [0.25, 0.3) is 0 Å². The Labute approximate surface area is 95.7 Å². The normalized spacial score (nSPS) is 24.1. The van der Waals surface area contributed by atoms with E-state index in [0.29, 0.717) is 6.04 Å². The highest BCUT2D eigenvalue weighted by Gasteiger charge is 2.33. The first-order chi connectivity index (χ1) is 7.77. The fourth-order valence-corrected chi connectivity index (χ4v) is 2.85. The van der Waals surface area contributed by atoms with Gasteiger partial charge < -0.3 is 9.80 Å². The van der Waals surface area contributed by atoms with Crippen molar-refractivity contribution in [3.05, 3.63) is 29.8 Å². The second-order valence-corrected chi connectivity index (χ2v) is 4.69. The smallest absolute Gasteiger partial charge is 0.255 e. The molecule has 0 bridgehead atoms. The molecule has 3 heteroatoms. The zero-order valence-corrected chi connectivity index (χ0v) is 9.52. The summed E-state index contributed by atoms with van der Waals surface area (Å²) in [6.45, 7) is 1.94. The lowest BCUT2D eigenvalue weighted by atomic mass is 10.1. The first-order valence-corrected chi connectivity index (χ1v) is 5.88. The summed E-state index contributed by atoms with van der Waals surface area (Å²) in [5, 5.41) is 0. The molecule has 1 aromatic carbocycles. The zero-order valence-electron chi connectivity index (χ0n) is 9.52. The number of anilines is 1. The second-order valence-electron chi connectivity index (χ2n) is 4.69. The van der Waals surface area contributed by atoms with E-state index in [9.17, 15) is 4.79 Å². The molecule has 1 saturated heterocycles. The van der Waals surface area contributed by atoms with Crippen LogP contribution in [0.2, 0.25) is 0 Å². The molecule has 0 spiro atoms. The highest BCUT2D eigenvalue weighted by Crippen LogP contribution is 2.32. The molecule has 0 N–H and O–H groups in total. The number of rotatable bonds is 0. The summed E-state index contributed by atoms with van der Waals surface area (Å²) in [5.74, 6) is 0.157. The van der Waals surface area contributed by atoms with Crippen molar-refractivity contribution in [2.45, 2.75) is 18.9 Å². The molecule has 0 radical (unpaired) electrons. The molecule has 3 nitrogen and oxygen atoms in total. The van der Waals surface area contributed by atoms with Crippen molar-refractivity contribution >= 4 is 11.6 Å². The van der Waals surface area contributed by atoms with Gasteiger partial charge in [-0.1, -0.05) is 12.1 Å². The lowest BCUT2D eigenvalue weighted by molar-refractivity contribution is 0.0795. The van der Waals surface area contributed by atoms with Gasteiger partial charge in [-0.2, -0.15) is 0 Å². The van der Waals surface area contributed by atoms with Crippen LogP contribution in [0.1, 0.15) is 23.2 Å². The monoisotopic (exact) mass is 216 g/mol. The number of carbonyl (C=O) groups excluding carboxylic acids is 1. The number of amides is 1. The minimum Gasteiger partial charge on any atom is -0.366 e. The highest BCUT2D eigenvalue weighted by atomic mass is 16.2. The molecule has 1 aromatic rings. The van der Waals surface area contributed by atoms with E-state index in [-0.39, 0.29) is 5.91 Å². The summed E-state index contributed by atoms with van der Waals surface area (Å²) in [6, 6.07) is 8.49. The predicted octanol–water partition coefficient (Wildman–Crippen LogP) is 1.74. The Balaban J connectivity index is 2.13. The van der Waals surface area contributed by atoms with Crippen LogP contribution in [0.5, 0.6) is 0 Å². The third-order valence-corrected chi connectivity index (χ3v) is 3.65. The Kier molecular flexibility index (Phi) is 2.13. The van der Waals surface area contributed by atoms with Gasteiger partial charge in [0.25, 0.3) is 5.91 Å². The van der Waals surface area contributed by atoms with Crippen LogP contribution >= 0.6 is 0 Å². The van der Waals surface area contributed by atoms with Gasteiger partial charge >= 0.3 is 0 Å². The molecule has 0 saturated carbocycles. The van der Waals surface area contributed by atoms with Crippen LogP contribution < -0.4 is 4.90 Å². The van der Waals surface area contributed by atoms with Gasteiger partial charge in [0.2, 0.25) is 0 Å². The first kappa shape index (κ1) is 9.70. The van der Waals surface area contributed by atoms with Crippen LogP contribution in [-0.4, -0.2) is 37.0 Å². The summed E-state index contributed by atoms with van der Waals surface area (Å²) in [6.07, 6.45) is 2.44. The molecular formula is C13H16N2O. The van der Waals surface area contributed by atoms with E-state index in [1.165, 1.54) is 12.8 Å². The van der Waals surface area contributed by atoms with Gasteiger partial charge in [0.05, 0.1) is 5.56 Å². The SMILES string of the molecule is CN1CC2CCCN2c2ccccc2C1=O. The molecule has 2 aliphatic rings. The van der Waals surface area contributed by atoms with Crippen LogP contribution in [0.3, 0.4) is 0 Å².